The molecule has 2 aromatic carbocycles. The van der Waals surface area contributed by atoms with Gasteiger partial charge in [-0.15, -0.1) is 11.3 Å². The van der Waals surface area contributed by atoms with Gasteiger partial charge in [0.25, 0.3) is 5.91 Å². The van der Waals surface area contributed by atoms with E-state index in [1.165, 1.54) is 23.6 Å². The summed E-state index contributed by atoms with van der Waals surface area (Å²) in [6.07, 6.45) is -3.04. The summed E-state index contributed by atoms with van der Waals surface area (Å²) < 4.78 is 53.6. The molecule has 9 heteroatoms. The molecule has 1 aromatic heterocycles. The second-order valence-corrected chi connectivity index (χ2v) is 6.92. The molecule has 3 aromatic rings. The molecule has 1 N–H and O–H groups in total. The van der Waals surface area contributed by atoms with Crippen LogP contribution in [0.5, 0.6) is 0 Å². The van der Waals surface area contributed by atoms with Crippen LogP contribution >= 0.6 is 11.3 Å². The molecule has 1 amide bonds. The van der Waals surface area contributed by atoms with E-state index in [4.69, 9.17) is 0 Å². The van der Waals surface area contributed by atoms with Gasteiger partial charge in [-0.25, -0.2) is 9.37 Å². The zero-order chi connectivity index (χ0) is 19.9. The van der Waals surface area contributed by atoms with Crippen molar-refractivity contribution in [2.75, 3.05) is 5.32 Å². The molecule has 0 bridgehead atoms. The summed E-state index contributed by atoms with van der Waals surface area (Å²) in [5, 5.41) is 4.72. The fraction of sp³-hybridized carbons (Fsp3) is 0.105. The van der Waals surface area contributed by atoms with Crippen molar-refractivity contribution in [3.05, 3.63) is 76.0 Å². The summed E-state index contributed by atoms with van der Waals surface area (Å²) >= 11 is 1.24. The summed E-state index contributed by atoms with van der Waals surface area (Å²) in [4.78, 5) is 20.8. The monoisotopic (exact) mass is 405 g/mol. The molecule has 142 valence electrons. The van der Waals surface area contributed by atoms with E-state index in [1.54, 1.807) is 17.5 Å². The molecule has 1 aliphatic heterocycles. The summed E-state index contributed by atoms with van der Waals surface area (Å²) in [5.74, 6) is -1.25. The smallest absolute Gasteiger partial charge is 0.298 e. The standard InChI is InChI=1S/C19H11F4N3OS/c20-11-4-5-14(19(21,22)23)13(9-11)15-8-10-2-1-3-12(16(10)25-15)17(27)26-18-24-6-7-28-18/h1-7,9H,8H2,(H,24,26,27). The number of nitrogens with zero attached hydrogens (tertiary/aromatic N) is 2. The number of hydrogen-bond donors (Lipinski definition) is 1. The van der Waals surface area contributed by atoms with E-state index in [9.17, 15) is 22.4 Å². The maximum Gasteiger partial charge on any atom is 0.417 e. The molecule has 1 aliphatic rings. The molecule has 0 atom stereocenters. The zero-order valence-electron chi connectivity index (χ0n) is 14.0. The van der Waals surface area contributed by atoms with Crippen molar-refractivity contribution in [2.24, 2.45) is 4.99 Å². The highest BCUT2D eigenvalue weighted by Crippen LogP contribution is 2.38. The van der Waals surface area contributed by atoms with E-state index < -0.39 is 23.5 Å². The molecule has 0 unspecified atom stereocenters. The average molecular weight is 405 g/mol. The Balaban J connectivity index is 1.74. The van der Waals surface area contributed by atoms with Crippen LogP contribution in [0, 0.1) is 5.82 Å². The summed E-state index contributed by atoms with van der Waals surface area (Å²) in [6, 6.07) is 7.13. The normalized spacial score (nSPS) is 13.2. The minimum atomic E-state index is -4.65. The van der Waals surface area contributed by atoms with E-state index >= 15 is 0 Å². The van der Waals surface area contributed by atoms with Gasteiger partial charge in [0.15, 0.2) is 5.13 Å². The van der Waals surface area contributed by atoms with Crippen LogP contribution in [0.4, 0.5) is 28.4 Å². The molecule has 4 rings (SSSR count). The molecule has 2 heterocycles. The highest BCUT2D eigenvalue weighted by atomic mass is 32.1. The molecule has 0 aliphatic carbocycles. The fourth-order valence-corrected chi connectivity index (χ4v) is 3.54. The maximum absolute atomic E-state index is 13.6. The molecule has 0 spiro atoms. The summed E-state index contributed by atoms with van der Waals surface area (Å²) in [6.45, 7) is 0. The first-order valence-electron chi connectivity index (χ1n) is 8.10. The largest absolute Gasteiger partial charge is 0.417 e. The minimum absolute atomic E-state index is 0.0660. The van der Waals surface area contributed by atoms with Crippen molar-refractivity contribution < 1.29 is 22.4 Å². The first-order chi connectivity index (χ1) is 13.3. The Labute approximate surface area is 160 Å². The number of para-hydroxylation sites is 1. The molecular weight excluding hydrogens is 394 g/mol. The van der Waals surface area contributed by atoms with Crippen LogP contribution < -0.4 is 5.32 Å². The number of benzene rings is 2. The number of nitrogens with one attached hydrogen (secondary N) is 1. The van der Waals surface area contributed by atoms with Crippen molar-refractivity contribution in [3.8, 4) is 0 Å². The number of carbonyl (C=O) groups excluding carboxylic acids is 1. The summed E-state index contributed by atoms with van der Waals surface area (Å²) in [5.41, 5.74) is -0.128. The molecule has 0 fully saturated rings. The molecule has 0 radical (unpaired) electrons. The van der Waals surface area contributed by atoms with Crippen molar-refractivity contribution >= 4 is 33.8 Å². The Bertz CT molecular complexity index is 1090. The fourth-order valence-electron chi connectivity index (χ4n) is 3.01. The van der Waals surface area contributed by atoms with Gasteiger partial charge in [0.1, 0.15) is 5.82 Å². The van der Waals surface area contributed by atoms with E-state index in [2.05, 4.69) is 15.3 Å². The topological polar surface area (TPSA) is 54.4 Å². The van der Waals surface area contributed by atoms with Crippen LogP contribution in [0.3, 0.4) is 0 Å². The van der Waals surface area contributed by atoms with Crippen LogP contribution in [0.25, 0.3) is 0 Å². The third-order valence-corrected chi connectivity index (χ3v) is 4.91. The van der Waals surface area contributed by atoms with Crippen LogP contribution in [0.15, 0.2) is 53.0 Å². The van der Waals surface area contributed by atoms with E-state index in [1.807, 2.05) is 0 Å². The lowest BCUT2D eigenvalue weighted by Crippen LogP contribution is -2.14. The quantitative estimate of drug-likeness (QED) is 0.607. The van der Waals surface area contributed by atoms with Crippen LogP contribution in [-0.2, 0) is 12.6 Å². The number of halogens is 4. The number of fused-ring (bicyclic) bond motifs is 1. The number of aromatic nitrogens is 1. The maximum atomic E-state index is 13.6. The van der Waals surface area contributed by atoms with Gasteiger partial charge in [0, 0.05) is 23.6 Å². The zero-order valence-corrected chi connectivity index (χ0v) is 14.9. The van der Waals surface area contributed by atoms with Gasteiger partial charge in [-0.1, -0.05) is 12.1 Å². The van der Waals surface area contributed by atoms with Crippen molar-refractivity contribution in [2.45, 2.75) is 12.6 Å². The highest BCUT2D eigenvalue weighted by molar-refractivity contribution is 7.13. The second kappa shape index (κ2) is 6.83. The summed E-state index contributed by atoms with van der Waals surface area (Å²) in [7, 11) is 0. The number of anilines is 1. The lowest BCUT2D eigenvalue weighted by atomic mass is 9.98. The van der Waals surface area contributed by atoms with E-state index in [0.717, 1.165) is 12.1 Å². The first kappa shape index (κ1) is 18.3. The Morgan fingerprint density at radius 1 is 1.18 bits per heavy atom. The third-order valence-electron chi connectivity index (χ3n) is 4.22. The predicted molar refractivity (Wildman–Crippen MR) is 97.8 cm³/mol. The average Bonchev–Trinajstić information content (AvgIpc) is 3.29. The van der Waals surface area contributed by atoms with Crippen molar-refractivity contribution in [1.82, 2.24) is 4.98 Å². The van der Waals surface area contributed by atoms with Gasteiger partial charge in [0.05, 0.1) is 22.5 Å². The first-order valence-corrected chi connectivity index (χ1v) is 8.98. The van der Waals surface area contributed by atoms with Gasteiger partial charge >= 0.3 is 6.18 Å². The van der Waals surface area contributed by atoms with Crippen molar-refractivity contribution in [3.63, 3.8) is 0 Å². The second-order valence-electron chi connectivity index (χ2n) is 6.03. The molecule has 28 heavy (non-hydrogen) atoms. The van der Waals surface area contributed by atoms with Crippen molar-refractivity contribution in [1.29, 1.82) is 0 Å². The van der Waals surface area contributed by atoms with Gasteiger partial charge in [0.2, 0.25) is 0 Å². The predicted octanol–water partition coefficient (Wildman–Crippen LogP) is 5.23. The van der Waals surface area contributed by atoms with E-state index in [0.29, 0.717) is 16.8 Å². The Morgan fingerprint density at radius 2 is 2.00 bits per heavy atom. The van der Waals surface area contributed by atoms with Crippen LogP contribution in [0.1, 0.15) is 27.0 Å². The SMILES string of the molecule is O=C(Nc1nccs1)c1cccc2c1N=C(c1cc(F)ccc1C(F)(F)F)C2. The molecule has 4 nitrogen and oxygen atoms in total. The number of hydrogen-bond acceptors (Lipinski definition) is 4. The van der Waals surface area contributed by atoms with Gasteiger partial charge in [-0.05, 0) is 29.8 Å². The van der Waals surface area contributed by atoms with Gasteiger partial charge in [-0.2, -0.15) is 13.2 Å². The Hall–Kier alpha value is -3.07. The Morgan fingerprint density at radius 3 is 2.71 bits per heavy atom. The number of aliphatic imine (C=N–C) groups is 1. The lowest BCUT2D eigenvalue weighted by molar-refractivity contribution is -0.137. The molecule has 0 saturated heterocycles. The van der Waals surface area contributed by atoms with Gasteiger partial charge in [-0.3, -0.25) is 15.1 Å². The molecular formula is C19H11F4N3OS. The lowest BCUT2D eigenvalue weighted by Gasteiger charge is -2.12. The molecule has 0 saturated carbocycles. The number of carbonyl (C=O) groups is 1. The number of amides is 1. The van der Waals surface area contributed by atoms with Crippen LogP contribution in [-0.4, -0.2) is 16.6 Å². The number of rotatable bonds is 3. The minimum Gasteiger partial charge on any atom is -0.298 e. The van der Waals surface area contributed by atoms with Crippen LogP contribution in [0.2, 0.25) is 0 Å². The number of thiazole rings is 1. The Kier molecular flexibility index (Phi) is 4.46. The number of alkyl halides is 3. The third kappa shape index (κ3) is 3.40. The highest BCUT2D eigenvalue weighted by Gasteiger charge is 2.36. The van der Waals surface area contributed by atoms with E-state index in [-0.39, 0.29) is 28.9 Å². The van der Waals surface area contributed by atoms with Gasteiger partial charge < -0.3 is 0 Å².